The number of thioether (sulfide) groups is 1. The molecule has 0 spiro atoms. The minimum Gasteiger partial charge on any atom is -0.349 e. The minimum absolute atomic E-state index is 0.0601. The summed E-state index contributed by atoms with van der Waals surface area (Å²) in [4.78, 5) is 26.4. The first-order valence-electron chi connectivity index (χ1n) is 10.8. The second-order valence-electron chi connectivity index (χ2n) is 7.76. The van der Waals surface area contributed by atoms with Gasteiger partial charge in [0.25, 0.3) is 0 Å². The van der Waals surface area contributed by atoms with Gasteiger partial charge in [0.1, 0.15) is 0 Å². The van der Waals surface area contributed by atoms with Crippen LogP contribution in [0.5, 0.6) is 0 Å². The van der Waals surface area contributed by atoms with Crippen LogP contribution >= 0.6 is 23.1 Å². The molecule has 2 aromatic carbocycles. The summed E-state index contributed by atoms with van der Waals surface area (Å²) in [6, 6.07) is 18.6. The molecule has 1 saturated carbocycles. The highest BCUT2D eigenvalue weighted by Crippen LogP contribution is 2.36. The van der Waals surface area contributed by atoms with Crippen molar-refractivity contribution in [2.75, 3.05) is 10.7 Å². The molecule has 1 aromatic heterocycles. The fraction of sp³-hybridized carbons (Fsp3) is 0.333. The van der Waals surface area contributed by atoms with Crippen molar-refractivity contribution in [3.05, 3.63) is 60.2 Å². The second-order valence-corrected chi connectivity index (χ2v) is 9.94. The number of hydrogen-bond donors (Lipinski definition) is 1. The molecule has 0 aliphatic heterocycles. The second kappa shape index (κ2) is 10.3. The number of carbonyl (C=O) groups excluding carboxylic acids is 2. The third-order valence-corrected chi connectivity index (χ3v) is 7.36. The lowest BCUT2D eigenvalue weighted by Crippen LogP contribution is -2.32. The molecular formula is C24H26N4O2S2. The summed E-state index contributed by atoms with van der Waals surface area (Å²) in [5.41, 5.74) is 3.38. The molecule has 1 heterocycles. The van der Waals surface area contributed by atoms with Gasteiger partial charge in [0.15, 0.2) is 4.34 Å². The van der Waals surface area contributed by atoms with Gasteiger partial charge in [0, 0.05) is 12.5 Å². The van der Waals surface area contributed by atoms with Gasteiger partial charge in [-0.05, 0) is 36.5 Å². The largest absolute Gasteiger partial charge is 0.349 e. The van der Waals surface area contributed by atoms with E-state index in [9.17, 15) is 9.59 Å². The number of aromatic nitrogens is 2. The average Bonchev–Trinajstić information content (AvgIpc) is 3.55. The smallest absolute Gasteiger partial charge is 0.230 e. The maximum Gasteiger partial charge on any atom is 0.230 e. The zero-order valence-electron chi connectivity index (χ0n) is 18.2. The quantitative estimate of drug-likeness (QED) is 0.352. The van der Waals surface area contributed by atoms with Gasteiger partial charge in [-0.15, -0.1) is 10.2 Å². The van der Waals surface area contributed by atoms with Crippen LogP contribution in [0.1, 0.15) is 44.7 Å². The van der Waals surface area contributed by atoms with E-state index in [1.165, 1.54) is 28.7 Å². The Bertz CT molecular complexity index is 1070. The van der Waals surface area contributed by atoms with Gasteiger partial charge in [0.2, 0.25) is 16.9 Å². The molecule has 32 heavy (non-hydrogen) atoms. The lowest BCUT2D eigenvalue weighted by molar-refractivity contribution is -0.119. The first-order chi connectivity index (χ1) is 15.5. The van der Waals surface area contributed by atoms with Gasteiger partial charge < -0.3 is 5.32 Å². The molecule has 8 heteroatoms. The van der Waals surface area contributed by atoms with Crippen molar-refractivity contribution < 1.29 is 9.59 Å². The van der Waals surface area contributed by atoms with Crippen LogP contribution in [-0.4, -0.2) is 33.8 Å². The van der Waals surface area contributed by atoms with E-state index in [1.807, 2.05) is 32.0 Å². The number of hydrogen-bond acceptors (Lipinski definition) is 6. The molecule has 0 unspecified atom stereocenters. The Morgan fingerprint density at radius 3 is 2.44 bits per heavy atom. The summed E-state index contributed by atoms with van der Waals surface area (Å²) in [6.07, 6.45) is 2.48. The Balaban J connectivity index is 1.29. The molecular weight excluding hydrogens is 440 g/mol. The molecule has 0 radical (unpaired) electrons. The first-order valence-corrected chi connectivity index (χ1v) is 12.6. The third kappa shape index (κ3) is 5.55. The molecule has 1 aliphatic rings. The Labute approximate surface area is 196 Å². The van der Waals surface area contributed by atoms with E-state index < -0.39 is 0 Å². The van der Waals surface area contributed by atoms with Crippen molar-refractivity contribution in [1.82, 2.24) is 15.5 Å². The predicted octanol–water partition coefficient (Wildman–Crippen LogP) is 5.08. The van der Waals surface area contributed by atoms with Gasteiger partial charge in [-0.1, -0.05) is 84.6 Å². The highest BCUT2D eigenvalue weighted by atomic mass is 32.2. The van der Waals surface area contributed by atoms with E-state index in [2.05, 4.69) is 51.9 Å². The summed E-state index contributed by atoms with van der Waals surface area (Å²) >= 11 is 2.73. The lowest BCUT2D eigenvalue weighted by atomic mass is 10.0. The molecule has 1 atom stereocenters. The van der Waals surface area contributed by atoms with Gasteiger partial charge in [0.05, 0.1) is 11.8 Å². The van der Waals surface area contributed by atoms with Crippen LogP contribution < -0.4 is 10.2 Å². The Morgan fingerprint density at radius 1 is 1.09 bits per heavy atom. The van der Waals surface area contributed by atoms with Crippen molar-refractivity contribution in [2.45, 2.75) is 49.5 Å². The summed E-state index contributed by atoms with van der Waals surface area (Å²) < 4.78 is 0.699. The fourth-order valence-corrected chi connectivity index (χ4v) is 5.16. The predicted molar refractivity (Wildman–Crippen MR) is 130 cm³/mol. The van der Waals surface area contributed by atoms with Gasteiger partial charge in [-0.25, -0.2) is 0 Å². The molecule has 1 N–H and O–H groups in total. The van der Waals surface area contributed by atoms with E-state index >= 15 is 0 Å². The summed E-state index contributed by atoms with van der Waals surface area (Å²) in [6.45, 7) is 3.84. The molecule has 166 valence electrons. The van der Waals surface area contributed by atoms with Crippen molar-refractivity contribution in [3.63, 3.8) is 0 Å². The molecule has 1 aliphatic carbocycles. The normalized spacial score (nSPS) is 14.1. The standard InChI is InChI=1S/C24H26N4O2S2/c1-3-22(30)28(20-13-14-20)23-26-27-24(32-23)31-15-21(29)25-16(2)17-9-11-19(12-10-17)18-7-5-4-6-8-18/h4-12,16,20H,3,13-15H2,1-2H3,(H,25,29)/t16-/m1/s1. The average molecular weight is 467 g/mol. The highest BCUT2D eigenvalue weighted by Gasteiger charge is 2.35. The van der Waals surface area contributed by atoms with Crippen molar-refractivity contribution in [2.24, 2.45) is 0 Å². The summed E-state index contributed by atoms with van der Waals surface area (Å²) in [5.74, 6) is 0.270. The number of nitrogens with one attached hydrogen (secondary N) is 1. The van der Waals surface area contributed by atoms with Crippen LogP contribution in [0.2, 0.25) is 0 Å². The molecule has 6 nitrogen and oxygen atoms in total. The van der Waals surface area contributed by atoms with E-state index in [0.29, 0.717) is 15.9 Å². The van der Waals surface area contributed by atoms with Gasteiger partial charge in [-0.2, -0.15) is 0 Å². The van der Waals surface area contributed by atoms with E-state index in [1.54, 1.807) is 4.90 Å². The van der Waals surface area contributed by atoms with Crippen molar-refractivity contribution in [1.29, 1.82) is 0 Å². The third-order valence-electron chi connectivity index (χ3n) is 5.31. The van der Waals surface area contributed by atoms with Gasteiger partial charge in [-0.3, -0.25) is 14.5 Å². The number of nitrogens with zero attached hydrogens (tertiary/aromatic N) is 3. The van der Waals surface area contributed by atoms with Crippen LogP contribution in [0.15, 0.2) is 58.9 Å². The van der Waals surface area contributed by atoms with Crippen LogP contribution in [0.3, 0.4) is 0 Å². The number of anilines is 1. The molecule has 4 rings (SSSR count). The maximum atomic E-state index is 12.5. The van der Waals surface area contributed by atoms with Gasteiger partial charge >= 0.3 is 0 Å². The molecule has 3 aromatic rings. The number of amides is 2. The number of carbonyl (C=O) groups is 2. The molecule has 2 amide bonds. The van der Waals surface area contributed by atoms with E-state index in [0.717, 1.165) is 24.0 Å². The Kier molecular flexibility index (Phi) is 7.22. The topological polar surface area (TPSA) is 75.2 Å². The molecule has 0 bridgehead atoms. The molecule has 1 fully saturated rings. The van der Waals surface area contributed by atoms with Crippen LogP contribution in [0.25, 0.3) is 11.1 Å². The van der Waals surface area contributed by atoms with E-state index in [-0.39, 0.29) is 29.7 Å². The number of benzene rings is 2. The summed E-state index contributed by atoms with van der Waals surface area (Å²) in [5, 5.41) is 12.0. The summed E-state index contributed by atoms with van der Waals surface area (Å²) in [7, 11) is 0. The van der Waals surface area contributed by atoms with Crippen LogP contribution in [-0.2, 0) is 9.59 Å². The zero-order chi connectivity index (χ0) is 22.5. The minimum atomic E-state index is -0.0922. The zero-order valence-corrected chi connectivity index (χ0v) is 19.8. The van der Waals surface area contributed by atoms with Crippen molar-refractivity contribution >= 4 is 40.0 Å². The van der Waals surface area contributed by atoms with Crippen molar-refractivity contribution in [3.8, 4) is 11.1 Å². The number of rotatable bonds is 9. The van der Waals surface area contributed by atoms with Crippen LogP contribution in [0, 0.1) is 0 Å². The highest BCUT2D eigenvalue weighted by molar-refractivity contribution is 8.01. The maximum absolute atomic E-state index is 12.5. The monoisotopic (exact) mass is 466 g/mol. The fourth-order valence-electron chi connectivity index (χ4n) is 3.42. The Morgan fingerprint density at radius 2 is 1.78 bits per heavy atom. The lowest BCUT2D eigenvalue weighted by Gasteiger charge is -2.17. The molecule has 0 saturated heterocycles. The van der Waals surface area contributed by atoms with E-state index in [4.69, 9.17) is 0 Å². The first kappa shape index (κ1) is 22.5. The Hall–Kier alpha value is -2.71. The van der Waals surface area contributed by atoms with Crippen LogP contribution in [0.4, 0.5) is 5.13 Å². The SMILES string of the molecule is CCC(=O)N(c1nnc(SCC(=O)N[C@H](C)c2ccc(-c3ccccc3)cc2)s1)C1CC1.